The summed E-state index contributed by atoms with van der Waals surface area (Å²) in [4.78, 5) is 4.13. The highest BCUT2D eigenvalue weighted by molar-refractivity contribution is 8.00. The van der Waals surface area contributed by atoms with Gasteiger partial charge in [-0.2, -0.15) is 17.5 Å². The van der Waals surface area contributed by atoms with Crippen LogP contribution in [-0.4, -0.2) is 32.5 Å². The summed E-state index contributed by atoms with van der Waals surface area (Å²) < 4.78 is 40.9. The molecule has 0 unspecified atom stereocenters. The van der Waals surface area contributed by atoms with Crippen LogP contribution in [0.1, 0.15) is 0 Å². The van der Waals surface area contributed by atoms with E-state index in [1.54, 1.807) is 0 Å². The second-order valence-corrected chi connectivity index (χ2v) is 5.64. The van der Waals surface area contributed by atoms with Gasteiger partial charge in [0, 0.05) is 11.3 Å². The van der Waals surface area contributed by atoms with Crippen LogP contribution in [0.15, 0.2) is 34.7 Å². The van der Waals surface area contributed by atoms with Crippen molar-refractivity contribution in [2.24, 2.45) is 0 Å². The number of hydrogen-bond acceptors (Lipinski definition) is 5. The first-order chi connectivity index (χ1) is 8.97. The van der Waals surface area contributed by atoms with Gasteiger partial charge in [0.15, 0.2) is 16.3 Å². The van der Waals surface area contributed by atoms with E-state index in [2.05, 4.69) is 9.36 Å². The fourth-order valence-corrected chi connectivity index (χ4v) is 2.82. The summed E-state index contributed by atoms with van der Waals surface area (Å²) in [7, 11) is 0. The standard InChI is InChI=1S/C11H9F3N2OS2/c12-11(13,14)8(17)6-18-10-15-9(16-19-10)7-4-2-1-3-5-7/h1-5,8,17H,6H2/t8-/m1/s1. The highest BCUT2D eigenvalue weighted by atomic mass is 32.2. The minimum atomic E-state index is -4.60. The van der Waals surface area contributed by atoms with E-state index >= 15 is 0 Å². The minimum absolute atomic E-state index is 0.405. The number of aromatic nitrogens is 2. The van der Waals surface area contributed by atoms with Crippen molar-refractivity contribution in [3.63, 3.8) is 0 Å². The Labute approximate surface area is 115 Å². The van der Waals surface area contributed by atoms with Gasteiger partial charge in [0.25, 0.3) is 0 Å². The van der Waals surface area contributed by atoms with Crippen LogP contribution in [0, 0.1) is 0 Å². The molecule has 1 N–H and O–H groups in total. The Hall–Kier alpha value is -1.12. The molecule has 2 aromatic rings. The van der Waals surface area contributed by atoms with Gasteiger partial charge in [-0.1, -0.05) is 42.1 Å². The van der Waals surface area contributed by atoms with Crippen molar-refractivity contribution in [2.75, 3.05) is 5.75 Å². The van der Waals surface area contributed by atoms with E-state index in [4.69, 9.17) is 5.11 Å². The summed E-state index contributed by atoms with van der Waals surface area (Å²) in [5.41, 5.74) is 0.807. The van der Waals surface area contributed by atoms with Crippen LogP contribution in [-0.2, 0) is 0 Å². The van der Waals surface area contributed by atoms with Crippen molar-refractivity contribution in [1.82, 2.24) is 9.36 Å². The zero-order chi connectivity index (χ0) is 13.9. The molecule has 0 radical (unpaired) electrons. The van der Waals surface area contributed by atoms with Crippen molar-refractivity contribution < 1.29 is 18.3 Å². The van der Waals surface area contributed by atoms with E-state index < -0.39 is 18.0 Å². The van der Waals surface area contributed by atoms with Crippen molar-refractivity contribution in [1.29, 1.82) is 0 Å². The van der Waals surface area contributed by atoms with Gasteiger partial charge < -0.3 is 5.11 Å². The maximum absolute atomic E-state index is 12.1. The van der Waals surface area contributed by atoms with Gasteiger partial charge in [-0.05, 0) is 11.5 Å². The molecule has 0 saturated carbocycles. The Morgan fingerprint density at radius 2 is 1.95 bits per heavy atom. The van der Waals surface area contributed by atoms with E-state index in [0.717, 1.165) is 28.9 Å². The van der Waals surface area contributed by atoms with Crippen LogP contribution >= 0.6 is 23.3 Å². The molecule has 0 fully saturated rings. The lowest BCUT2D eigenvalue weighted by Crippen LogP contribution is -2.30. The van der Waals surface area contributed by atoms with Gasteiger partial charge >= 0.3 is 6.18 Å². The maximum Gasteiger partial charge on any atom is 0.415 e. The predicted octanol–water partition coefficient (Wildman–Crippen LogP) is 3.22. The first-order valence-corrected chi connectivity index (χ1v) is 6.99. The molecule has 0 spiro atoms. The third-order valence-corrected chi connectivity index (χ3v) is 4.09. The minimum Gasteiger partial charge on any atom is -0.383 e. The summed E-state index contributed by atoms with van der Waals surface area (Å²) in [5.74, 6) is 0.00187. The van der Waals surface area contributed by atoms with Gasteiger partial charge in [0.2, 0.25) is 0 Å². The second kappa shape index (κ2) is 5.89. The van der Waals surface area contributed by atoms with Crippen LogP contribution in [0.3, 0.4) is 0 Å². The molecule has 0 amide bonds. The van der Waals surface area contributed by atoms with Gasteiger partial charge in [0.1, 0.15) is 0 Å². The molecule has 0 saturated heterocycles. The van der Waals surface area contributed by atoms with Crippen molar-refractivity contribution in [3.05, 3.63) is 30.3 Å². The molecule has 8 heteroatoms. The molecule has 0 bridgehead atoms. The van der Waals surface area contributed by atoms with Gasteiger partial charge in [-0.15, -0.1) is 0 Å². The number of alkyl halides is 3. The zero-order valence-corrected chi connectivity index (χ0v) is 11.1. The Kier molecular flexibility index (Phi) is 4.43. The number of hydrogen-bond donors (Lipinski definition) is 1. The van der Waals surface area contributed by atoms with Gasteiger partial charge in [-0.3, -0.25) is 0 Å². The van der Waals surface area contributed by atoms with Crippen LogP contribution < -0.4 is 0 Å². The van der Waals surface area contributed by atoms with Crippen molar-refractivity contribution in [3.8, 4) is 11.4 Å². The molecular formula is C11H9F3N2OS2. The third kappa shape index (κ3) is 3.92. The number of rotatable bonds is 4. The number of benzene rings is 1. The molecule has 1 atom stereocenters. The monoisotopic (exact) mass is 306 g/mol. The van der Waals surface area contributed by atoms with E-state index in [1.807, 2.05) is 30.3 Å². The van der Waals surface area contributed by atoms with Gasteiger partial charge in [0.05, 0.1) is 0 Å². The molecule has 102 valence electrons. The van der Waals surface area contributed by atoms with Crippen molar-refractivity contribution >= 4 is 23.3 Å². The Bertz CT molecular complexity index is 530. The van der Waals surface area contributed by atoms with Gasteiger partial charge in [-0.25, -0.2) is 4.98 Å². The molecule has 19 heavy (non-hydrogen) atoms. The highest BCUT2D eigenvalue weighted by Crippen LogP contribution is 2.29. The zero-order valence-electron chi connectivity index (χ0n) is 9.46. The molecule has 0 aliphatic rings. The maximum atomic E-state index is 12.1. The van der Waals surface area contributed by atoms with Crippen LogP contribution in [0.5, 0.6) is 0 Å². The van der Waals surface area contributed by atoms with E-state index in [1.165, 1.54) is 0 Å². The molecule has 0 aliphatic carbocycles. The predicted molar refractivity (Wildman–Crippen MR) is 68.1 cm³/mol. The van der Waals surface area contributed by atoms with Crippen LogP contribution in [0.25, 0.3) is 11.4 Å². The normalized spacial score (nSPS) is 13.5. The quantitative estimate of drug-likeness (QED) is 0.881. The number of nitrogens with zero attached hydrogens (tertiary/aromatic N) is 2. The largest absolute Gasteiger partial charge is 0.415 e. The lowest BCUT2D eigenvalue weighted by atomic mass is 10.2. The first kappa shape index (κ1) is 14.3. The first-order valence-electron chi connectivity index (χ1n) is 5.23. The SMILES string of the molecule is O[C@H](CSc1nc(-c2ccccc2)ns1)C(F)(F)F. The van der Waals surface area contributed by atoms with E-state index in [-0.39, 0.29) is 0 Å². The van der Waals surface area contributed by atoms with Crippen LogP contribution in [0.4, 0.5) is 13.2 Å². The fourth-order valence-electron chi connectivity index (χ4n) is 1.22. The Morgan fingerprint density at radius 3 is 2.58 bits per heavy atom. The average molecular weight is 306 g/mol. The summed E-state index contributed by atoms with van der Waals surface area (Å²) in [5, 5.41) is 8.88. The Balaban J connectivity index is 1.99. The molecule has 1 aromatic carbocycles. The topological polar surface area (TPSA) is 46.0 Å². The summed E-state index contributed by atoms with van der Waals surface area (Å²) >= 11 is 1.87. The average Bonchev–Trinajstić information content (AvgIpc) is 2.84. The Morgan fingerprint density at radius 1 is 1.26 bits per heavy atom. The number of thioether (sulfide) groups is 1. The molecule has 3 nitrogen and oxygen atoms in total. The number of halogens is 3. The van der Waals surface area contributed by atoms with Crippen molar-refractivity contribution in [2.45, 2.75) is 16.6 Å². The molecule has 0 aliphatic heterocycles. The fraction of sp³-hybridized carbons (Fsp3) is 0.273. The smallest absolute Gasteiger partial charge is 0.383 e. The second-order valence-electron chi connectivity index (χ2n) is 3.62. The highest BCUT2D eigenvalue weighted by Gasteiger charge is 2.38. The number of aliphatic hydroxyl groups excluding tert-OH is 1. The van der Waals surface area contributed by atoms with E-state index in [9.17, 15) is 13.2 Å². The lowest BCUT2D eigenvalue weighted by Gasteiger charge is -2.12. The summed E-state index contributed by atoms with van der Waals surface area (Å²) in [6, 6.07) is 9.15. The van der Waals surface area contributed by atoms with E-state index in [0.29, 0.717) is 10.2 Å². The number of aliphatic hydroxyl groups is 1. The molecule has 1 heterocycles. The molecular weight excluding hydrogens is 297 g/mol. The summed E-state index contributed by atoms with van der Waals surface area (Å²) in [6.45, 7) is 0. The van der Waals surface area contributed by atoms with Crippen LogP contribution in [0.2, 0.25) is 0 Å². The third-order valence-electron chi connectivity index (χ3n) is 2.18. The summed E-state index contributed by atoms with van der Waals surface area (Å²) in [6.07, 6.45) is -6.94. The molecule has 2 rings (SSSR count). The lowest BCUT2D eigenvalue weighted by molar-refractivity contribution is -0.195. The molecule has 1 aromatic heterocycles.